The van der Waals surface area contributed by atoms with E-state index in [4.69, 9.17) is 9.78 Å². The molecule has 0 atom stereocenters. The second-order valence-electron chi connectivity index (χ2n) is 7.96. The minimum absolute atomic E-state index is 0.0162. The van der Waals surface area contributed by atoms with E-state index in [2.05, 4.69) is 15.8 Å². The van der Waals surface area contributed by atoms with Gasteiger partial charge in [0.2, 0.25) is 0 Å². The van der Waals surface area contributed by atoms with Gasteiger partial charge in [-0.1, -0.05) is 23.4 Å². The summed E-state index contributed by atoms with van der Waals surface area (Å²) in [4.78, 5) is 37.5. The van der Waals surface area contributed by atoms with E-state index in [1.807, 2.05) is 0 Å². The lowest BCUT2D eigenvalue weighted by Crippen LogP contribution is -2.23. The van der Waals surface area contributed by atoms with Crippen LogP contribution >= 0.6 is 0 Å². The zero-order valence-electron chi connectivity index (χ0n) is 19.5. The van der Waals surface area contributed by atoms with Crippen LogP contribution in [-0.2, 0) is 6.18 Å². The third-order valence-electron chi connectivity index (χ3n) is 5.56. The van der Waals surface area contributed by atoms with Gasteiger partial charge in [0.1, 0.15) is 0 Å². The van der Waals surface area contributed by atoms with E-state index in [0.717, 1.165) is 12.1 Å². The molecule has 0 unspecified atom stereocenters. The maximum Gasteiger partial charge on any atom is 0.417 e. The molecule has 2 amide bonds. The molecule has 0 spiro atoms. The number of amides is 2. The Morgan fingerprint density at radius 1 is 1.03 bits per heavy atom. The van der Waals surface area contributed by atoms with Crippen molar-refractivity contribution >= 4 is 34.4 Å². The quantitative estimate of drug-likeness (QED) is 0.320. The Morgan fingerprint density at radius 3 is 2.42 bits per heavy atom. The first-order valence-electron chi connectivity index (χ1n) is 11.0. The number of nitrogens with one attached hydrogen (secondary N) is 2. The van der Waals surface area contributed by atoms with Crippen molar-refractivity contribution in [2.45, 2.75) is 13.1 Å². The molecule has 0 aliphatic rings. The molecule has 1 aromatic heterocycles. The van der Waals surface area contributed by atoms with Crippen molar-refractivity contribution in [1.29, 1.82) is 5.26 Å². The van der Waals surface area contributed by atoms with Gasteiger partial charge >= 0.3 is 12.1 Å². The molecule has 1 heterocycles. The minimum atomic E-state index is -4.71. The summed E-state index contributed by atoms with van der Waals surface area (Å²) in [6.45, 7) is 1.82. The first kappa shape index (κ1) is 25.9. The number of aromatic carboxylic acids is 1. The fourth-order valence-corrected chi connectivity index (χ4v) is 3.86. The average Bonchev–Trinajstić information content (AvgIpc) is 3.31. The van der Waals surface area contributed by atoms with Crippen molar-refractivity contribution in [2.75, 3.05) is 11.9 Å². The lowest BCUT2D eigenvalue weighted by atomic mass is 9.93. The van der Waals surface area contributed by atoms with E-state index in [1.54, 1.807) is 13.0 Å². The monoisotopic (exact) mass is 522 g/mol. The standard InChI is InChI=1S/C26H17F3N4O5/c1-2-31-23(34)16-10-18-21(11-15(16)14-5-3-4-6-19(14)26(27,28)29)38-33-22(18)24(35)32-20-8-7-13(12-30)9-17(20)25(36)37/h3-11H,2H2,1H3,(H,31,34)(H,32,35)(H,36,37). The van der Waals surface area contributed by atoms with Gasteiger partial charge in [0.15, 0.2) is 11.3 Å². The van der Waals surface area contributed by atoms with E-state index in [1.165, 1.54) is 42.5 Å². The van der Waals surface area contributed by atoms with Crippen molar-refractivity contribution in [1.82, 2.24) is 10.5 Å². The van der Waals surface area contributed by atoms with Crippen LogP contribution in [0, 0.1) is 11.3 Å². The molecule has 0 fully saturated rings. The first-order chi connectivity index (χ1) is 18.0. The second-order valence-corrected chi connectivity index (χ2v) is 7.96. The normalized spacial score (nSPS) is 11.1. The Hall–Kier alpha value is -5.18. The molecule has 3 aromatic carbocycles. The van der Waals surface area contributed by atoms with Crippen molar-refractivity contribution in [2.24, 2.45) is 0 Å². The zero-order chi connectivity index (χ0) is 27.6. The highest BCUT2D eigenvalue weighted by Gasteiger charge is 2.34. The van der Waals surface area contributed by atoms with Crippen molar-refractivity contribution in [3.63, 3.8) is 0 Å². The van der Waals surface area contributed by atoms with Crippen molar-refractivity contribution < 1.29 is 37.2 Å². The van der Waals surface area contributed by atoms with Gasteiger partial charge in [-0.15, -0.1) is 0 Å². The summed E-state index contributed by atoms with van der Waals surface area (Å²) in [6, 6.07) is 12.5. The molecule has 4 rings (SSSR count). The number of rotatable bonds is 6. The van der Waals surface area contributed by atoms with Crippen LogP contribution in [0.15, 0.2) is 59.1 Å². The molecule has 0 bridgehead atoms. The van der Waals surface area contributed by atoms with Crippen LogP contribution in [0.5, 0.6) is 0 Å². The molecule has 4 aromatic rings. The van der Waals surface area contributed by atoms with Crippen LogP contribution in [0.1, 0.15) is 49.3 Å². The molecule has 38 heavy (non-hydrogen) atoms. The number of carbonyl (C=O) groups excluding carboxylic acids is 2. The SMILES string of the molecule is CCNC(=O)c1cc2c(C(=O)Nc3ccc(C#N)cc3C(=O)O)noc2cc1-c1ccccc1C(F)(F)F. The molecule has 192 valence electrons. The first-order valence-corrected chi connectivity index (χ1v) is 11.0. The Kier molecular flexibility index (Phi) is 6.85. The number of anilines is 1. The van der Waals surface area contributed by atoms with Crippen LogP contribution in [0.4, 0.5) is 18.9 Å². The molecule has 0 radical (unpaired) electrons. The van der Waals surface area contributed by atoms with Crippen LogP contribution in [0.25, 0.3) is 22.1 Å². The summed E-state index contributed by atoms with van der Waals surface area (Å²) in [5, 5.41) is 27.1. The fourth-order valence-electron chi connectivity index (χ4n) is 3.86. The lowest BCUT2D eigenvalue weighted by Gasteiger charge is -2.16. The number of hydrogen-bond donors (Lipinski definition) is 3. The number of nitriles is 1. The number of alkyl halides is 3. The van der Waals surface area contributed by atoms with E-state index in [-0.39, 0.29) is 56.7 Å². The summed E-state index contributed by atoms with van der Waals surface area (Å²) in [7, 11) is 0. The summed E-state index contributed by atoms with van der Waals surface area (Å²) < 4.78 is 46.4. The number of benzene rings is 3. The summed E-state index contributed by atoms with van der Waals surface area (Å²) in [6.07, 6.45) is -4.71. The van der Waals surface area contributed by atoms with E-state index < -0.39 is 29.5 Å². The summed E-state index contributed by atoms with van der Waals surface area (Å²) in [5.74, 6) is -2.98. The molecule has 0 saturated carbocycles. The van der Waals surface area contributed by atoms with Gasteiger partial charge in [0, 0.05) is 12.1 Å². The smallest absolute Gasteiger partial charge is 0.417 e. The Labute approximate surface area is 212 Å². The largest absolute Gasteiger partial charge is 0.478 e. The van der Waals surface area contributed by atoms with Crippen LogP contribution in [0.3, 0.4) is 0 Å². The number of fused-ring (bicyclic) bond motifs is 1. The molecule has 0 saturated heterocycles. The maximum absolute atomic E-state index is 13.7. The number of nitrogens with zero attached hydrogens (tertiary/aromatic N) is 2. The molecular weight excluding hydrogens is 505 g/mol. The highest BCUT2D eigenvalue weighted by atomic mass is 19.4. The van der Waals surface area contributed by atoms with Crippen LogP contribution < -0.4 is 10.6 Å². The van der Waals surface area contributed by atoms with E-state index in [0.29, 0.717) is 0 Å². The zero-order valence-corrected chi connectivity index (χ0v) is 19.5. The molecule has 9 nitrogen and oxygen atoms in total. The van der Waals surface area contributed by atoms with E-state index >= 15 is 0 Å². The van der Waals surface area contributed by atoms with Crippen molar-refractivity contribution in [3.8, 4) is 17.2 Å². The molecule has 0 aliphatic carbocycles. The summed E-state index contributed by atoms with van der Waals surface area (Å²) >= 11 is 0. The van der Waals surface area contributed by atoms with Gasteiger partial charge in [-0.2, -0.15) is 18.4 Å². The maximum atomic E-state index is 13.7. The fraction of sp³-hybridized carbons (Fsp3) is 0.115. The lowest BCUT2D eigenvalue weighted by molar-refractivity contribution is -0.137. The number of carbonyl (C=O) groups is 3. The molecular formula is C26H17F3N4O5. The molecule has 0 aliphatic heterocycles. The number of carboxylic acid groups (broad SMARTS) is 1. The van der Waals surface area contributed by atoms with E-state index in [9.17, 15) is 32.7 Å². The highest BCUT2D eigenvalue weighted by molar-refractivity contribution is 6.14. The summed E-state index contributed by atoms with van der Waals surface area (Å²) in [5.41, 5.74) is -2.30. The number of carboxylic acids is 1. The number of hydrogen-bond acceptors (Lipinski definition) is 6. The number of aromatic nitrogens is 1. The average molecular weight is 522 g/mol. The molecule has 12 heteroatoms. The van der Waals surface area contributed by atoms with Crippen molar-refractivity contribution in [3.05, 3.63) is 82.5 Å². The van der Waals surface area contributed by atoms with Gasteiger partial charge in [0.25, 0.3) is 11.8 Å². The van der Waals surface area contributed by atoms with Gasteiger partial charge in [-0.25, -0.2) is 4.79 Å². The Balaban J connectivity index is 1.85. The minimum Gasteiger partial charge on any atom is -0.478 e. The van der Waals surface area contributed by atoms with Gasteiger partial charge < -0.3 is 20.3 Å². The van der Waals surface area contributed by atoms with Gasteiger partial charge in [-0.3, -0.25) is 9.59 Å². The second kappa shape index (κ2) is 10.1. The molecule has 3 N–H and O–H groups in total. The van der Waals surface area contributed by atoms with Gasteiger partial charge in [-0.05, 0) is 54.4 Å². The third kappa shape index (κ3) is 4.90. The topological polar surface area (TPSA) is 145 Å². The van der Waals surface area contributed by atoms with Crippen LogP contribution in [-0.4, -0.2) is 34.6 Å². The Morgan fingerprint density at radius 2 is 1.76 bits per heavy atom. The highest BCUT2D eigenvalue weighted by Crippen LogP contribution is 2.39. The predicted molar refractivity (Wildman–Crippen MR) is 129 cm³/mol. The van der Waals surface area contributed by atoms with Crippen LogP contribution in [0.2, 0.25) is 0 Å². The number of halogens is 3. The Bertz CT molecular complexity index is 1640. The van der Waals surface area contributed by atoms with Gasteiger partial charge in [0.05, 0.1) is 33.8 Å². The third-order valence-corrected chi connectivity index (χ3v) is 5.56. The predicted octanol–water partition coefficient (Wildman–Crippen LogP) is 5.09.